The highest BCUT2D eigenvalue weighted by molar-refractivity contribution is 9.10. The molecule has 0 bridgehead atoms. The van der Waals surface area contributed by atoms with E-state index in [1.165, 1.54) is 0 Å². The van der Waals surface area contributed by atoms with Crippen LogP contribution in [0.2, 0.25) is 0 Å². The SMILES string of the molecule is CCOC(=O)Cc1ccc(C)c(F)c1Br. The Bertz CT molecular complexity index is 377. The van der Waals surface area contributed by atoms with E-state index in [1.54, 1.807) is 26.0 Å². The molecular weight excluding hydrogens is 263 g/mol. The van der Waals surface area contributed by atoms with E-state index in [1.807, 2.05) is 0 Å². The molecule has 0 fully saturated rings. The fourth-order valence-electron chi connectivity index (χ4n) is 1.19. The van der Waals surface area contributed by atoms with E-state index < -0.39 is 0 Å². The van der Waals surface area contributed by atoms with E-state index in [0.29, 0.717) is 22.2 Å². The first-order valence-electron chi connectivity index (χ1n) is 4.65. The van der Waals surface area contributed by atoms with Crippen LogP contribution in [0.1, 0.15) is 18.1 Å². The summed E-state index contributed by atoms with van der Waals surface area (Å²) in [4.78, 5) is 11.2. The number of hydrogen-bond acceptors (Lipinski definition) is 2. The van der Waals surface area contributed by atoms with Gasteiger partial charge in [-0.25, -0.2) is 4.39 Å². The molecule has 0 aliphatic rings. The maximum Gasteiger partial charge on any atom is 0.310 e. The zero-order valence-corrected chi connectivity index (χ0v) is 10.2. The fourth-order valence-corrected chi connectivity index (χ4v) is 1.78. The molecule has 0 aliphatic carbocycles. The number of esters is 1. The predicted octanol–water partition coefficient (Wildman–Crippen LogP) is 3.00. The Morgan fingerprint density at radius 1 is 1.53 bits per heavy atom. The summed E-state index contributed by atoms with van der Waals surface area (Å²) in [6.45, 7) is 3.75. The molecule has 0 saturated carbocycles. The van der Waals surface area contributed by atoms with Gasteiger partial charge in [-0.1, -0.05) is 12.1 Å². The number of halogens is 2. The molecule has 15 heavy (non-hydrogen) atoms. The van der Waals surface area contributed by atoms with Gasteiger partial charge in [0, 0.05) is 0 Å². The van der Waals surface area contributed by atoms with Crippen LogP contribution in [0.5, 0.6) is 0 Å². The Labute approximate surface area is 96.6 Å². The fraction of sp³-hybridized carbons (Fsp3) is 0.364. The van der Waals surface area contributed by atoms with Crippen LogP contribution in [-0.4, -0.2) is 12.6 Å². The number of ether oxygens (including phenoxy) is 1. The topological polar surface area (TPSA) is 26.3 Å². The summed E-state index contributed by atoms with van der Waals surface area (Å²) >= 11 is 3.13. The lowest BCUT2D eigenvalue weighted by molar-refractivity contribution is -0.142. The van der Waals surface area contributed by atoms with E-state index in [0.717, 1.165) is 0 Å². The van der Waals surface area contributed by atoms with Crippen molar-refractivity contribution in [2.24, 2.45) is 0 Å². The summed E-state index contributed by atoms with van der Waals surface area (Å²) in [5.74, 6) is -0.668. The molecule has 0 spiro atoms. The second-order valence-corrected chi connectivity index (χ2v) is 3.94. The molecule has 2 nitrogen and oxygen atoms in total. The normalized spacial score (nSPS) is 10.1. The van der Waals surface area contributed by atoms with Crippen LogP contribution in [0.25, 0.3) is 0 Å². The third-order valence-corrected chi connectivity index (χ3v) is 2.85. The first-order chi connectivity index (χ1) is 7.06. The van der Waals surface area contributed by atoms with E-state index in [9.17, 15) is 9.18 Å². The molecular formula is C11H12BrFO2. The summed E-state index contributed by atoms with van der Waals surface area (Å²) < 4.78 is 18.6. The quantitative estimate of drug-likeness (QED) is 0.793. The zero-order valence-electron chi connectivity index (χ0n) is 8.64. The molecule has 1 aromatic rings. The molecule has 0 saturated heterocycles. The largest absolute Gasteiger partial charge is 0.466 e. The second kappa shape index (κ2) is 5.26. The lowest BCUT2D eigenvalue weighted by atomic mass is 10.1. The monoisotopic (exact) mass is 274 g/mol. The number of hydrogen-bond donors (Lipinski definition) is 0. The minimum atomic E-state index is -0.346. The van der Waals surface area contributed by atoms with Gasteiger partial charge in [0.05, 0.1) is 17.5 Å². The first kappa shape index (κ1) is 12.2. The van der Waals surface area contributed by atoms with Crippen molar-refractivity contribution >= 4 is 21.9 Å². The average Bonchev–Trinajstić information content (AvgIpc) is 2.20. The van der Waals surface area contributed by atoms with Crippen molar-refractivity contribution in [3.63, 3.8) is 0 Å². The highest BCUT2D eigenvalue weighted by Crippen LogP contribution is 2.23. The maximum absolute atomic E-state index is 13.4. The molecule has 0 aromatic heterocycles. The molecule has 1 aromatic carbocycles. The van der Waals surface area contributed by atoms with Gasteiger partial charge < -0.3 is 4.74 Å². The minimum Gasteiger partial charge on any atom is -0.466 e. The van der Waals surface area contributed by atoms with Crippen LogP contribution >= 0.6 is 15.9 Å². The van der Waals surface area contributed by atoms with Gasteiger partial charge in [-0.2, -0.15) is 0 Å². The highest BCUT2D eigenvalue weighted by atomic mass is 79.9. The summed E-state index contributed by atoms with van der Waals surface area (Å²) in [5.41, 5.74) is 1.16. The van der Waals surface area contributed by atoms with Crippen LogP contribution < -0.4 is 0 Å². The van der Waals surface area contributed by atoms with Crippen LogP contribution in [0, 0.1) is 12.7 Å². The number of aryl methyl sites for hydroxylation is 1. The number of benzene rings is 1. The summed E-state index contributed by atoms with van der Waals surface area (Å²) in [6, 6.07) is 3.37. The van der Waals surface area contributed by atoms with Gasteiger partial charge >= 0.3 is 5.97 Å². The number of carbonyl (C=O) groups is 1. The number of carbonyl (C=O) groups excluding carboxylic acids is 1. The van der Waals surface area contributed by atoms with Crippen molar-refractivity contribution < 1.29 is 13.9 Å². The zero-order chi connectivity index (χ0) is 11.4. The van der Waals surface area contributed by atoms with Gasteiger partial charge in [-0.3, -0.25) is 4.79 Å². The Morgan fingerprint density at radius 3 is 2.80 bits per heavy atom. The molecule has 4 heteroatoms. The lowest BCUT2D eigenvalue weighted by Crippen LogP contribution is -2.08. The van der Waals surface area contributed by atoms with Crippen LogP contribution in [0.4, 0.5) is 4.39 Å². The van der Waals surface area contributed by atoms with Crippen LogP contribution in [-0.2, 0) is 16.0 Å². The summed E-state index contributed by atoms with van der Waals surface area (Å²) in [7, 11) is 0. The Morgan fingerprint density at radius 2 is 2.20 bits per heavy atom. The molecule has 1 rings (SSSR count). The van der Waals surface area contributed by atoms with Crippen molar-refractivity contribution in [2.45, 2.75) is 20.3 Å². The Hall–Kier alpha value is -0.900. The summed E-state index contributed by atoms with van der Waals surface area (Å²) in [6.07, 6.45) is 0.0889. The van der Waals surface area contributed by atoms with Crippen LogP contribution in [0.15, 0.2) is 16.6 Å². The maximum atomic E-state index is 13.4. The van der Waals surface area contributed by atoms with Crippen molar-refractivity contribution in [1.82, 2.24) is 0 Å². The third-order valence-electron chi connectivity index (χ3n) is 2.00. The molecule has 82 valence electrons. The van der Waals surface area contributed by atoms with Gasteiger partial charge in [-0.15, -0.1) is 0 Å². The predicted molar refractivity (Wildman–Crippen MR) is 59.2 cm³/mol. The van der Waals surface area contributed by atoms with Gasteiger partial charge in [0.1, 0.15) is 5.82 Å². The molecule has 0 heterocycles. The standard InChI is InChI=1S/C11H12BrFO2/c1-3-15-9(14)6-8-5-4-7(2)11(13)10(8)12/h4-5H,3,6H2,1-2H3. The van der Waals surface area contributed by atoms with E-state index in [-0.39, 0.29) is 18.2 Å². The van der Waals surface area contributed by atoms with Crippen molar-refractivity contribution in [3.05, 3.63) is 33.5 Å². The van der Waals surface area contributed by atoms with Crippen LogP contribution in [0.3, 0.4) is 0 Å². The molecule has 0 atom stereocenters. The summed E-state index contributed by atoms with van der Waals surface area (Å²) in [5, 5.41) is 0. The van der Waals surface area contributed by atoms with E-state index in [4.69, 9.17) is 4.74 Å². The third kappa shape index (κ3) is 3.02. The Kier molecular flexibility index (Phi) is 4.27. The van der Waals surface area contributed by atoms with E-state index >= 15 is 0 Å². The smallest absolute Gasteiger partial charge is 0.310 e. The van der Waals surface area contributed by atoms with E-state index in [2.05, 4.69) is 15.9 Å². The van der Waals surface area contributed by atoms with Crippen molar-refractivity contribution in [2.75, 3.05) is 6.61 Å². The minimum absolute atomic E-state index is 0.0889. The van der Waals surface area contributed by atoms with Crippen molar-refractivity contribution in [3.8, 4) is 0 Å². The van der Waals surface area contributed by atoms with Gasteiger partial charge in [0.15, 0.2) is 0 Å². The highest BCUT2D eigenvalue weighted by Gasteiger charge is 2.12. The molecule has 0 unspecified atom stereocenters. The van der Waals surface area contributed by atoms with Gasteiger partial charge in [-0.05, 0) is 40.9 Å². The molecule has 0 aliphatic heterocycles. The molecule has 0 amide bonds. The molecule has 0 radical (unpaired) electrons. The average molecular weight is 275 g/mol. The number of rotatable bonds is 3. The van der Waals surface area contributed by atoms with Gasteiger partial charge in [0.2, 0.25) is 0 Å². The van der Waals surface area contributed by atoms with Gasteiger partial charge in [0.25, 0.3) is 0 Å². The second-order valence-electron chi connectivity index (χ2n) is 3.15. The molecule has 0 N–H and O–H groups in total. The lowest BCUT2D eigenvalue weighted by Gasteiger charge is -2.06. The first-order valence-corrected chi connectivity index (χ1v) is 5.44. The Balaban J connectivity index is 2.87. The van der Waals surface area contributed by atoms with Crippen molar-refractivity contribution in [1.29, 1.82) is 0 Å².